The number of carbonyl (C=O) groups excluding carboxylic acids is 1. The first-order chi connectivity index (χ1) is 13.4. The first-order valence-electron chi connectivity index (χ1n) is 9.60. The number of nitrogens with one attached hydrogen (secondary N) is 1. The summed E-state index contributed by atoms with van der Waals surface area (Å²) in [6.45, 7) is 1.92. The summed E-state index contributed by atoms with van der Waals surface area (Å²) < 4.78 is 25.2. The maximum Gasteiger partial charge on any atom is 0.229 e. The third-order valence-electron chi connectivity index (χ3n) is 6.56. The van der Waals surface area contributed by atoms with Gasteiger partial charge in [-0.05, 0) is 55.6 Å². The summed E-state index contributed by atoms with van der Waals surface area (Å²) >= 11 is 1.29. The van der Waals surface area contributed by atoms with Crippen molar-refractivity contribution in [1.29, 1.82) is 0 Å². The standard InChI is InChI=1S/C21H22N2O3S2/c1-13-2-5-16(6-3-13)28(25,26)12-15-11-27-20(22-15)23-19(24)17-10-14-4-7-18(17)21(14)8-9-21/h2-7,11,14,17-18H,8-10,12H2,1H3,(H,22,23,24)/t14-,17+,18-/m1/s1. The van der Waals surface area contributed by atoms with Crippen LogP contribution in [0.15, 0.2) is 46.7 Å². The van der Waals surface area contributed by atoms with Crippen molar-refractivity contribution in [3.8, 4) is 0 Å². The number of nitrogens with zero attached hydrogens (tertiary/aromatic N) is 1. The summed E-state index contributed by atoms with van der Waals surface area (Å²) in [7, 11) is -3.45. The highest BCUT2D eigenvalue weighted by molar-refractivity contribution is 7.90. The second-order valence-electron chi connectivity index (χ2n) is 8.30. The van der Waals surface area contributed by atoms with Crippen molar-refractivity contribution in [3.63, 3.8) is 0 Å². The molecule has 5 nitrogen and oxygen atoms in total. The fourth-order valence-corrected chi connectivity index (χ4v) is 7.00. The van der Waals surface area contributed by atoms with Crippen LogP contribution in [0.25, 0.3) is 0 Å². The molecule has 1 spiro atoms. The number of aromatic nitrogens is 1. The van der Waals surface area contributed by atoms with Gasteiger partial charge >= 0.3 is 0 Å². The Labute approximate surface area is 168 Å². The number of sulfone groups is 1. The van der Waals surface area contributed by atoms with Gasteiger partial charge in [0.05, 0.1) is 16.3 Å². The van der Waals surface area contributed by atoms with E-state index in [0.717, 1.165) is 12.0 Å². The lowest BCUT2D eigenvalue weighted by molar-refractivity contribution is -0.120. The molecule has 1 aromatic carbocycles. The summed E-state index contributed by atoms with van der Waals surface area (Å²) in [5, 5.41) is 5.12. The van der Waals surface area contributed by atoms with E-state index in [0.29, 0.717) is 33.0 Å². The van der Waals surface area contributed by atoms with Crippen molar-refractivity contribution < 1.29 is 13.2 Å². The minimum atomic E-state index is -3.45. The number of hydrogen-bond donors (Lipinski definition) is 1. The molecular formula is C21H22N2O3S2. The molecule has 0 unspecified atom stereocenters. The van der Waals surface area contributed by atoms with Crippen molar-refractivity contribution >= 4 is 32.2 Å². The number of hydrogen-bond acceptors (Lipinski definition) is 5. The molecule has 2 aromatic rings. The zero-order valence-electron chi connectivity index (χ0n) is 15.6. The highest BCUT2D eigenvalue weighted by Gasteiger charge is 2.64. The first kappa shape index (κ1) is 18.1. The molecule has 0 aliphatic heterocycles. The average molecular weight is 415 g/mol. The molecule has 146 valence electrons. The molecule has 2 bridgehead atoms. The van der Waals surface area contributed by atoms with Crippen LogP contribution in [-0.4, -0.2) is 19.3 Å². The molecule has 0 saturated heterocycles. The summed E-state index contributed by atoms with van der Waals surface area (Å²) in [5.74, 6) is 0.785. The minimum absolute atomic E-state index is 0.0149. The molecule has 1 amide bonds. The van der Waals surface area contributed by atoms with E-state index in [2.05, 4.69) is 22.5 Å². The number of amides is 1. The monoisotopic (exact) mass is 414 g/mol. The molecular weight excluding hydrogens is 392 g/mol. The van der Waals surface area contributed by atoms with E-state index in [1.807, 2.05) is 6.92 Å². The van der Waals surface area contributed by atoms with Crippen LogP contribution >= 0.6 is 11.3 Å². The van der Waals surface area contributed by atoms with Crippen LogP contribution in [0.2, 0.25) is 0 Å². The van der Waals surface area contributed by atoms with Crippen molar-refractivity contribution in [2.24, 2.45) is 23.2 Å². The Morgan fingerprint density at radius 3 is 2.68 bits per heavy atom. The van der Waals surface area contributed by atoms with Crippen molar-refractivity contribution in [2.75, 3.05) is 5.32 Å². The van der Waals surface area contributed by atoms with Crippen LogP contribution in [0.1, 0.15) is 30.5 Å². The van der Waals surface area contributed by atoms with Gasteiger partial charge < -0.3 is 5.32 Å². The summed E-state index contributed by atoms with van der Waals surface area (Å²) in [6.07, 6.45) is 7.91. The molecule has 3 atom stereocenters. The number of anilines is 1. The quantitative estimate of drug-likeness (QED) is 0.751. The van der Waals surface area contributed by atoms with E-state index in [9.17, 15) is 13.2 Å². The Balaban J connectivity index is 1.26. The fourth-order valence-electron chi connectivity index (χ4n) is 4.92. The van der Waals surface area contributed by atoms with Gasteiger partial charge in [0.15, 0.2) is 15.0 Å². The summed E-state index contributed by atoms with van der Waals surface area (Å²) in [5.41, 5.74) is 1.85. The molecule has 1 heterocycles. The predicted octanol–water partition coefficient (Wildman–Crippen LogP) is 3.97. The van der Waals surface area contributed by atoms with E-state index < -0.39 is 9.84 Å². The van der Waals surface area contributed by atoms with Gasteiger partial charge in [-0.1, -0.05) is 29.8 Å². The number of rotatable bonds is 5. The topological polar surface area (TPSA) is 76.1 Å². The maximum atomic E-state index is 12.8. The number of benzene rings is 1. The molecule has 5 rings (SSSR count). The molecule has 3 aliphatic carbocycles. The van der Waals surface area contributed by atoms with Crippen LogP contribution in [0.3, 0.4) is 0 Å². The molecule has 1 aromatic heterocycles. The van der Waals surface area contributed by atoms with E-state index in [1.165, 1.54) is 24.2 Å². The van der Waals surface area contributed by atoms with Crippen LogP contribution in [-0.2, 0) is 20.4 Å². The van der Waals surface area contributed by atoms with E-state index in [4.69, 9.17) is 0 Å². The van der Waals surface area contributed by atoms with Gasteiger partial charge in [0.1, 0.15) is 0 Å². The Kier molecular flexibility index (Phi) is 4.04. The third kappa shape index (κ3) is 2.92. The van der Waals surface area contributed by atoms with Crippen LogP contribution < -0.4 is 5.32 Å². The van der Waals surface area contributed by atoms with Gasteiger partial charge in [-0.2, -0.15) is 0 Å². The smallest absolute Gasteiger partial charge is 0.229 e. The first-order valence-corrected chi connectivity index (χ1v) is 12.1. The number of carbonyl (C=O) groups is 1. The summed E-state index contributed by atoms with van der Waals surface area (Å²) in [4.78, 5) is 17.4. The largest absolute Gasteiger partial charge is 0.302 e. The molecule has 2 saturated carbocycles. The lowest BCUT2D eigenvalue weighted by Crippen LogP contribution is -2.27. The van der Waals surface area contributed by atoms with Crippen molar-refractivity contribution in [2.45, 2.75) is 36.8 Å². The van der Waals surface area contributed by atoms with Crippen molar-refractivity contribution in [3.05, 3.63) is 53.1 Å². The molecule has 1 N–H and O–H groups in total. The average Bonchev–Trinajstić information content (AvgIpc) is 3.13. The number of aryl methyl sites for hydroxylation is 1. The van der Waals surface area contributed by atoms with Gasteiger partial charge in [-0.3, -0.25) is 4.79 Å². The van der Waals surface area contributed by atoms with E-state index in [-0.39, 0.29) is 17.6 Å². The molecule has 2 fully saturated rings. The highest BCUT2D eigenvalue weighted by Crippen LogP contribution is 2.70. The second-order valence-corrected chi connectivity index (χ2v) is 11.1. The van der Waals surface area contributed by atoms with E-state index in [1.54, 1.807) is 29.6 Å². The Bertz CT molecular complexity index is 1070. The third-order valence-corrected chi connectivity index (χ3v) is 9.03. The lowest BCUT2D eigenvalue weighted by Gasteiger charge is -2.18. The SMILES string of the molecule is Cc1ccc(S(=O)(=O)Cc2csc(NC(=O)[C@H]3C[C@H]4C=C[C@H]3C43CC3)n2)cc1. The molecule has 0 radical (unpaired) electrons. The van der Waals surface area contributed by atoms with Gasteiger partial charge in [0.2, 0.25) is 5.91 Å². The molecule has 3 aliphatic rings. The Hall–Kier alpha value is -1.99. The zero-order chi connectivity index (χ0) is 19.5. The molecule has 7 heteroatoms. The van der Waals surface area contributed by atoms with Gasteiger partial charge in [-0.15, -0.1) is 11.3 Å². The van der Waals surface area contributed by atoms with E-state index >= 15 is 0 Å². The van der Waals surface area contributed by atoms with Crippen LogP contribution in [0.4, 0.5) is 5.13 Å². The summed E-state index contributed by atoms with van der Waals surface area (Å²) in [6, 6.07) is 6.82. The Morgan fingerprint density at radius 1 is 1.25 bits per heavy atom. The van der Waals surface area contributed by atoms with Crippen LogP contribution in [0.5, 0.6) is 0 Å². The maximum absolute atomic E-state index is 12.8. The second kappa shape index (κ2) is 6.26. The zero-order valence-corrected chi connectivity index (χ0v) is 17.2. The number of allylic oxidation sites excluding steroid dienone is 2. The lowest BCUT2D eigenvalue weighted by atomic mass is 9.88. The van der Waals surface area contributed by atoms with Gasteiger partial charge in [0, 0.05) is 11.3 Å². The van der Waals surface area contributed by atoms with Gasteiger partial charge in [0.25, 0.3) is 0 Å². The molecule has 28 heavy (non-hydrogen) atoms. The fraction of sp³-hybridized carbons (Fsp3) is 0.429. The van der Waals surface area contributed by atoms with Gasteiger partial charge in [-0.25, -0.2) is 13.4 Å². The van der Waals surface area contributed by atoms with Crippen molar-refractivity contribution in [1.82, 2.24) is 4.98 Å². The predicted molar refractivity (Wildman–Crippen MR) is 109 cm³/mol. The normalized spacial score (nSPS) is 26.7. The minimum Gasteiger partial charge on any atom is -0.302 e. The highest BCUT2D eigenvalue weighted by atomic mass is 32.2. The Morgan fingerprint density at radius 2 is 2.00 bits per heavy atom. The van der Waals surface area contributed by atoms with Crippen LogP contribution in [0, 0.1) is 30.1 Å². The number of thiazole rings is 1.